The lowest BCUT2D eigenvalue weighted by molar-refractivity contribution is -0.132. The van der Waals surface area contributed by atoms with Gasteiger partial charge in [0.15, 0.2) is 0 Å². The Balaban J connectivity index is 2.03. The Hall–Kier alpha value is -2.91. The van der Waals surface area contributed by atoms with Crippen LogP contribution in [0.5, 0.6) is 0 Å². The molecule has 2 rings (SSSR count). The molecule has 0 fully saturated rings. The van der Waals surface area contributed by atoms with Crippen molar-refractivity contribution in [3.63, 3.8) is 0 Å². The van der Waals surface area contributed by atoms with E-state index in [1.807, 2.05) is 37.4 Å². The minimum atomic E-state index is -0.790. The Bertz CT molecular complexity index is 912. The summed E-state index contributed by atoms with van der Waals surface area (Å²) in [6, 6.07) is 6.38. The summed E-state index contributed by atoms with van der Waals surface area (Å²) in [5, 5.41) is 6.66. The van der Waals surface area contributed by atoms with E-state index in [1.54, 1.807) is 0 Å². The van der Waals surface area contributed by atoms with Crippen LogP contribution in [-0.2, 0) is 20.8 Å². The van der Waals surface area contributed by atoms with Crippen LogP contribution < -0.4 is 27.8 Å². The SMILES string of the molecule is CC(Cc1c[nH]c2ccccc12)C(=O)NC(CCCCN)C(=O)NC(CCCCN)C(N)=O. The molecule has 9 nitrogen and oxygen atoms in total. The van der Waals surface area contributed by atoms with Crippen molar-refractivity contribution in [3.05, 3.63) is 36.0 Å². The molecule has 1 aromatic heterocycles. The average Bonchev–Trinajstić information content (AvgIpc) is 3.20. The van der Waals surface area contributed by atoms with Gasteiger partial charge in [0.1, 0.15) is 12.1 Å². The van der Waals surface area contributed by atoms with Crippen LogP contribution in [0.4, 0.5) is 0 Å². The zero-order chi connectivity index (χ0) is 24.2. The molecule has 3 unspecified atom stereocenters. The lowest BCUT2D eigenvalue weighted by Gasteiger charge is -2.23. The predicted molar refractivity (Wildman–Crippen MR) is 130 cm³/mol. The van der Waals surface area contributed by atoms with Crippen LogP contribution in [0.3, 0.4) is 0 Å². The second-order valence-corrected chi connectivity index (χ2v) is 8.56. The molecule has 9 N–H and O–H groups in total. The Morgan fingerprint density at radius 3 is 2.15 bits per heavy atom. The second-order valence-electron chi connectivity index (χ2n) is 8.56. The van der Waals surface area contributed by atoms with Gasteiger partial charge in [-0.1, -0.05) is 25.1 Å². The van der Waals surface area contributed by atoms with Crippen molar-refractivity contribution in [2.75, 3.05) is 13.1 Å². The molecule has 0 aliphatic rings. The van der Waals surface area contributed by atoms with Gasteiger partial charge >= 0.3 is 0 Å². The van der Waals surface area contributed by atoms with Crippen molar-refractivity contribution in [1.29, 1.82) is 0 Å². The lowest BCUT2D eigenvalue weighted by Crippen LogP contribution is -2.53. The molecule has 0 aliphatic heterocycles. The monoisotopic (exact) mass is 458 g/mol. The van der Waals surface area contributed by atoms with Crippen LogP contribution in [0, 0.1) is 5.92 Å². The van der Waals surface area contributed by atoms with E-state index in [1.165, 1.54) is 0 Å². The predicted octanol–water partition coefficient (Wildman–Crippen LogP) is 1.06. The summed E-state index contributed by atoms with van der Waals surface area (Å²) < 4.78 is 0. The molecule has 0 saturated heterocycles. The molecule has 1 aromatic carbocycles. The number of H-pyrrole nitrogens is 1. The topological polar surface area (TPSA) is 169 Å². The molecule has 0 aliphatic carbocycles. The van der Waals surface area contributed by atoms with Gasteiger partial charge in [0.05, 0.1) is 0 Å². The highest BCUT2D eigenvalue weighted by molar-refractivity contribution is 5.92. The maximum atomic E-state index is 13.0. The Morgan fingerprint density at radius 1 is 0.909 bits per heavy atom. The van der Waals surface area contributed by atoms with Gasteiger partial charge < -0.3 is 32.8 Å². The summed E-state index contributed by atoms with van der Waals surface area (Å²) in [5.74, 6) is -1.56. The molecule has 33 heavy (non-hydrogen) atoms. The fraction of sp³-hybridized carbons (Fsp3) is 0.542. The third kappa shape index (κ3) is 8.18. The Labute approximate surface area is 195 Å². The number of carbonyl (C=O) groups is 3. The van der Waals surface area contributed by atoms with Crippen LogP contribution in [0.15, 0.2) is 30.5 Å². The van der Waals surface area contributed by atoms with E-state index in [4.69, 9.17) is 17.2 Å². The lowest BCUT2D eigenvalue weighted by atomic mass is 9.98. The number of benzene rings is 1. The number of amides is 3. The zero-order valence-electron chi connectivity index (χ0n) is 19.4. The Morgan fingerprint density at radius 2 is 1.52 bits per heavy atom. The maximum Gasteiger partial charge on any atom is 0.243 e. The number of hydrogen-bond acceptors (Lipinski definition) is 5. The van der Waals surface area contributed by atoms with Crippen molar-refractivity contribution < 1.29 is 14.4 Å². The van der Waals surface area contributed by atoms with E-state index >= 15 is 0 Å². The highest BCUT2D eigenvalue weighted by atomic mass is 16.2. The van der Waals surface area contributed by atoms with E-state index in [0.717, 1.165) is 29.3 Å². The zero-order valence-corrected chi connectivity index (χ0v) is 19.4. The van der Waals surface area contributed by atoms with Crippen molar-refractivity contribution in [2.24, 2.45) is 23.1 Å². The molecular formula is C24H38N6O3. The number of primary amides is 1. The van der Waals surface area contributed by atoms with Crippen molar-refractivity contribution in [3.8, 4) is 0 Å². The molecule has 182 valence electrons. The molecule has 0 saturated carbocycles. The van der Waals surface area contributed by atoms with Gasteiger partial charge in [-0.05, 0) is 69.7 Å². The molecule has 0 bridgehead atoms. The van der Waals surface area contributed by atoms with Crippen LogP contribution in [-0.4, -0.2) is 47.9 Å². The first-order valence-corrected chi connectivity index (χ1v) is 11.7. The number of aromatic amines is 1. The van der Waals surface area contributed by atoms with Gasteiger partial charge in [-0.2, -0.15) is 0 Å². The van der Waals surface area contributed by atoms with Crippen LogP contribution in [0.25, 0.3) is 10.9 Å². The molecule has 2 aromatic rings. The normalized spacial score (nSPS) is 13.9. The van der Waals surface area contributed by atoms with Crippen LogP contribution in [0.2, 0.25) is 0 Å². The number of aromatic nitrogens is 1. The molecule has 9 heteroatoms. The molecule has 0 spiro atoms. The van der Waals surface area contributed by atoms with E-state index in [2.05, 4.69) is 15.6 Å². The standard InChI is InChI=1S/C24H38N6O3/c1-16(14-17-15-28-19-9-3-2-8-18(17)19)23(32)30-21(11-5-7-13-26)24(33)29-20(22(27)31)10-4-6-12-25/h2-3,8-9,15-16,20-21,28H,4-7,10-14,25-26H2,1H3,(H2,27,31)(H,29,33)(H,30,32). The van der Waals surface area contributed by atoms with E-state index in [9.17, 15) is 14.4 Å². The summed E-state index contributed by atoms with van der Waals surface area (Å²) in [6.07, 6.45) is 6.13. The minimum Gasteiger partial charge on any atom is -0.368 e. The van der Waals surface area contributed by atoms with Crippen LogP contribution in [0.1, 0.15) is 51.0 Å². The summed E-state index contributed by atoms with van der Waals surface area (Å²) in [5.41, 5.74) is 18.6. The molecule has 1 heterocycles. The minimum absolute atomic E-state index is 0.216. The number of hydrogen-bond donors (Lipinski definition) is 6. The van der Waals surface area contributed by atoms with Gasteiger partial charge in [0.2, 0.25) is 17.7 Å². The fourth-order valence-corrected chi connectivity index (χ4v) is 3.85. The number of para-hydroxylation sites is 1. The first kappa shape index (κ1) is 26.3. The van der Waals surface area contributed by atoms with E-state index in [0.29, 0.717) is 45.2 Å². The van der Waals surface area contributed by atoms with Crippen molar-refractivity contribution in [1.82, 2.24) is 15.6 Å². The van der Waals surface area contributed by atoms with Gasteiger partial charge in [-0.3, -0.25) is 14.4 Å². The summed E-state index contributed by atoms with van der Waals surface area (Å²) in [6.45, 7) is 2.85. The van der Waals surface area contributed by atoms with Gasteiger partial charge in [0.25, 0.3) is 0 Å². The van der Waals surface area contributed by atoms with Crippen molar-refractivity contribution >= 4 is 28.6 Å². The number of nitrogens with one attached hydrogen (secondary N) is 3. The van der Waals surface area contributed by atoms with Crippen LogP contribution >= 0.6 is 0 Å². The first-order valence-electron chi connectivity index (χ1n) is 11.7. The molecule has 3 atom stereocenters. The molecule has 3 amide bonds. The third-order valence-corrected chi connectivity index (χ3v) is 5.84. The third-order valence-electron chi connectivity index (χ3n) is 5.84. The Kier molecular flexibility index (Phi) is 10.9. The summed E-state index contributed by atoms with van der Waals surface area (Å²) in [4.78, 5) is 40.9. The van der Waals surface area contributed by atoms with Gasteiger partial charge in [0, 0.05) is 23.0 Å². The highest BCUT2D eigenvalue weighted by Crippen LogP contribution is 2.21. The number of nitrogens with two attached hydrogens (primary N) is 3. The maximum absolute atomic E-state index is 13.0. The number of unbranched alkanes of at least 4 members (excludes halogenated alkanes) is 2. The largest absolute Gasteiger partial charge is 0.368 e. The number of fused-ring (bicyclic) bond motifs is 1. The smallest absolute Gasteiger partial charge is 0.243 e. The molecule has 0 radical (unpaired) electrons. The van der Waals surface area contributed by atoms with E-state index in [-0.39, 0.29) is 11.8 Å². The second kappa shape index (κ2) is 13.6. The first-order chi connectivity index (χ1) is 15.9. The number of carbonyl (C=O) groups excluding carboxylic acids is 3. The van der Waals surface area contributed by atoms with Gasteiger partial charge in [-0.25, -0.2) is 0 Å². The molecular weight excluding hydrogens is 420 g/mol. The summed E-state index contributed by atoms with van der Waals surface area (Å²) >= 11 is 0. The fourth-order valence-electron chi connectivity index (χ4n) is 3.85. The van der Waals surface area contributed by atoms with Gasteiger partial charge in [-0.15, -0.1) is 0 Å². The van der Waals surface area contributed by atoms with E-state index < -0.39 is 23.9 Å². The average molecular weight is 459 g/mol. The highest BCUT2D eigenvalue weighted by Gasteiger charge is 2.27. The summed E-state index contributed by atoms with van der Waals surface area (Å²) in [7, 11) is 0. The van der Waals surface area contributed by atoms with Crippen molar-refractivity contribution in [2.45, 2.75) is 64.0 Å². The number of rotatable bonds is 15. The quantitative estimate of drug-likeness (QED) is 0.219.